The molecule has 0 aliphatic heterocycles. The molecule has 0 aliphatic rings. The second kappa shape index (κ2) is 18.5. The van der Waals surface area contributed by atoms with Gasteiger partial charge in [0.15, 0.2) is 0 Å². The van der Waals surface area contributed by atoms with Crippen LogP contribution in [0, 0.1) is 13.8 Å². The summed E-state index contributed by atoms with van der Waals surface area (Å²) >= 11 is 1.74. The molecule has 0 heterocycles. The van der Waals surface area contributed by atoms with Gasteiger partial charge in [0.2, 0.25) is 0 Å². The Morgan fingerprint density at radius 1 is 0.588 bits per heavy atom. The zero-order valence-electron chi connectivity index (χ0n) is 30.5. The average molecular weight is 801 g/mol. The van der Waals surface area contributed by atoms with Crippen molar-refractivity contribution in [3.05, 3.63) is 156 Å². The number of hydrogen-bond donors (Lipinski definition) is 0. The Bertz CT molecular complexity index is 2380. The molecular weight excluding hydrogens is 755 g/mol. The van der Waals surface area contributed by atoms with Crippen molar-refractivity contribution < 1.29 is 48.1 Å². The fourth-order valence-corrected chi connectivity index (χ4v) is 7.12. The van der Waals surface area contributed by atoms with Gasteiger partial charge in [-0.15, -0.1) is 68.6 Å². The Morgan fingerprint density at radius 2 is 1.08 bits per heavy atom. The molecule has 8 rings (SSSR count). The van der Waals surface area contributed by atoms with Gasteiger partial charge in [-0.3, -0.25) is 0 Å². The molecule has 1 atom stereocenters. The van der Waals surface area contributed by atoms with Gasteiger partial charge >= 0.3 is 41.9 Å². The molecular formula is C47H46Cl2SiZr-2. The first-order valence-corrected chi connectivity index (χ1v) is 23.8. The molecule has 4 heteroatoms. The van der Waals surface area contributed by atoms with Crippen LogP contribution in [0.4, 0.5) is 0 Å². The summed E-state index contributed by atoms with van der Waals surface area (Å²) in [5.74, 6) is 0.628. The molecule has 1 unspecified atom stereocenters. The van der Waals surface area contributed by atoms with Gasteiger partial charge in [0, 0.05) is 0 Å². The molecule has 0 amide bonds. The summed E-state index contributed by atoms with van der Waals surface area (Å²) in [6, 6.07) is 51.0. The van der Waals surface area contributed by atoms with Crippen LogP contribution in [0.1, 0.15) is 49.3 Å². The van der Waals surface area contributed by atoms with Crippen molar-refractivity contribution in [3.8, 4) is 22.3 Å². The van der Waals surface area contributed by atoms with Crippen LogP contribution in [0.5, 0.6) is 0 Å². The van der Waals surface area contributed by atoms with Gasteiger partial charge < -0.3 is 24.8 Å². The summed E-state index contributed by atoms with van der Waals surface area (Å²) in [7, 11) is 0. The second-order valence-electron chi connectivity index (χ2n) is 13.6. The van der Waals surface area contributed by atoms with Crippen LogP contribution < -0.4 is 24.8 Å². The minimum atomic E-state index is 0. The van der Waals surface area contributed by atoms with Crippen LogP contribution in [-0.4, -0.2) is 5.43 Å². The van der Waals surface area contributed by atoms with Crippen molar-refractivity contribution >= 4 is 48.5 Å². The minimum absolute atomic E-state index is 0. The Labute approximate surface area is 332 Å². The maximum absolute atomic E-state index is 2.41. The van der Waals surface area contributed by atoms with E-state index in [4.69, 9.17) is 0 Å². The van der Waals surface area contributed by atoms with Crippen LogP contribution in [0.15, 0.2) is 140 Å². The Kier molecular flexibility index (Phi) is 14.7. The van der Waals surface area contributed by atoms with Crippen LogP contribution >= 0.6 is 0 Å². The molecule has 8 aromatic carbocycles. The third kappa shape index (κ3) is 9.22. The zero-order valence-corrected chi connectivity index (χ0v) is 35.5. The van der Waals surface area contributed by atoms with Crippen LogP contribution in [0.25, 0.3) is 65.3 Å². The van der Waals surface area contributed by atoms with Gasteiger partial charge in [-0.05, 0) is 45.0 Å². The molecule has 0 aliphatic carbocycles. The van der Waals surface area contributed by atoms with E-state index in [2.05, 4.69) is 180 Å². The molecule has 8 aromatic rings. The first-order valence-electron chi connectivity index (χ1n) is 17.6. The van der Waals surface area contributed by atoms with E-state index in [9.17, 15) is 0 Å². The third-order valence-electron chi connectivity index (χ3n) is 9.47. The van der Waals surface area contributed by atoms with E-state index >= 15 is 0 Å². The van der Waals surface area contributed by atoms with E-state index in [1.54, 1.807) is 23.3 Å². The SMILES string of the molecule is CCCC(C)c1cc2c(-c3cccc4ccccc34)cccc2[cH-]1.C[Si](C)=[Zr+2].Cc1cc2c(-c3cccc4ccccc34)ccc(C)c2[cH-]1.[Cl-].[Cl-]. The quantitative estimate of drug-likeness (QED) is 0.122. The number of aryl methyl sites for hydroxylation is 2. The molecule has 0 fully saturated rings. The molecule has 0 saturated heterocycles. The fourth-order valence-electron chi connectivity index (χ4n) is 7.12. The first kappa shape index (κ1) is 40.5. The normalized spacial score (nSPS) is 11.2. The molecule has 0 saturated carbocycles. The summed E-state index contributed by atoms with van der Waals surface area (Å²) in [4.78, 5) is 0. The second-order valence-corrected chi connectivity index (χ2v) is 23.0. The molecule has 0 nitrogen and oxygen atoms in total. The van der Waals surface area contributed by atoms with E-state index < -0.39 is 0 Å². The van der Waals surface area contributed by atoms with Gasteiger partial charge in [0.1, 0.15) is 0 Å². The van der Waals surface area contributed by atoms with Gasteiger partial charge in [0.05, 0.1) is 0 Å². The summed E-state index contributed by atoms with van der Waals surface area (Å²) in [5, 5.41) is 10.7. The monoisotopic (exact) mass is 798 g/mol. The van der Waals surface area contributed by atoms with Crippen molar-refractivity contribution in [1.29, 1.82) is 0 Å². The topological polar surface area (TPSA) is 0 Å². The van der Waals surface area contributed by atoms with E-state index in [0.717, 1.165) is 0 Å². The predicted molar refractivity (Wildman–Crippen MR) is 215 cm³/mol. The van der Waals surface area contributed by atoms with Crippen LogP contribution in [0.3, 0.4) is 0 Å². The van der Waals surface area contributed by atoms with Crippen LogP contribution in [-0.2, 0) is 23.3 Å². The van der Waals surface area contributed by atoms with Crippen molar-refractivity contribution in [2.24, 2.45) is 0 Å². The molecule has 0 aromatic heterocycles. The summed E-state index contributed by atoms with van der Waals surface area (Å²) < 4.78 is 0. The first-order chi connectivity index (χ1) is 23.7. The third-order valence-corrected chi connectivity index (χ3v) is 9.47. The summed E-state index contributed by atoms with van der Waals surface area (Å²) in [6.45, 7) is 13.6. The average Bonchev–Trinajstić information content (AvgIpc) is 3.73. The molecule has 0 spiro atoms. The smallest absolute Gasteiger partial charge is 0.0114 e. The van der Waals surface area contributed by atoms with Crippen molar-refractivity contribution in [1.82, 2.24) is 0 Å². The molecule has 0 radical (unpaired) electrons. The molecule has 51 heavy (non-hydrogen) atoms. The summed E-state index contributed by atoms with van der Waals surface area (Å²) in [6.07, 6.45) is 2.48. The minimum Gasteiger partial charge on any atom is -1.00 e. The number of halogens is 2. The molecule has 0 N–H and O–H groups in total. The van der Waals surface area contributed by atoms with Crippen molar-refractivity contribution in [2.75, 3.05) is 0 Å². The Hall–Kier alpha value is -3.26. The Morgan fingerprint density at radius 3 is 1.65 bits per heavy atom. The van der Waals surface area contributed by atoms with Crippen LogP contribution in [0.2, 0.25) is 13.1 Å². The maximum atomic E-state index is 2.41. The molecule has 0 bridgehead atoms. The summed E-state index contributed by atoms with van der Waals surface area (Å²) in [5.41, 5.74) is 9.70. The van der Waals surface area contributed by atoms with Crippen molar-refractivity contribution in [2.45, 2.75) is 59.5 Å². The number of hydrogen-bond acceptors (Lipinski definition) is 0. The standard InChI is InChI=1S/C24H23.C21H17.C2H6Si.2ClH.Zr/c1-3-8-17(2)20-15-19-11-7-14-23(24(19)16-20)22-13-6-10-18-9-4-5-12-21(18)22;1-14-12-20-15(2)10-11-19(21(20)13-14)18-9-5-7-16-6-3-4-8-17(16)18;1-3-2;;;/h4-7,9-17H,3,8H2,1-2H3;3-13H,1-2H3;1-2H3;2*1H;/q2*-1;;;;+2/p-2. The van der Waals surface area contributed by atoms with E-state index in [0.29, 0.717) is 5.92 Å². The van der Waals surface area contributed by atoms with Gasteiger partial charge in [0.25, 0.3) is 0 Å². The maximum Gasteiger partial charge on any atom is -0.0114 e. The largest absolute Gasteiger partial charge is 1.00 e. The number of fused-ring (bicyclic) bond motifs is 4. The fraction of sp³-hybridized carbons (Fsp3) is 0.191. The molecule has 258 valence electrons. The van der Waals surface area contributed by atoms with Gasteiger partial charge in [-0.2, -0.15) is 12.1 Å². The predicted octanol–water partition coefficient (Wildman–Crippen LogP) is 8.07. The zero-order chi connectivity index (χ0) is 34.5. The van der Waals surface area contributed by atoms with E-state index in [1.807, 2.05) is 0 Å². The van der Waals surface area contributed by atoms with Crippen molar-refractivity contribution in [3.63, 3.8) is 0 Å². The van der Waals surface area contributed by atoms with Gasteiger partial charge in [-0.1, -0.05) is 142 Å². The number of benzene rings is 6. The van der Waals surface area contributed by atoms with E-state index in [1.165, 1.54) is 94.9 Å². The Balaban J connectivity index is 0.000000201. The van der Waals surface area contributed by atoms with Gasteiger partial charge in [-0.25, -0.2) is 0 Å². The van der Waals surface area contributed by atoms with E-state index in [-0.39, 0.29) is 30.2 Å². The number of rotatable bonds is 5.